The zero-order chi connectivity index (χ0) is 13.7. The highest BCUT2D eigenvalue weighted by molar-refractivity contribution is 5.73. The van der Waals surface area contributed by atoms with E-state index in [-0.39, 0.29) is 25.0 Å². The number of benzene rings is 1. The maximum Gasteiger partial charge on any atom is 0.315 e. The zero-order valence-electron chi connectivity index (χ0n) is 10.5. The summed E-state index contributed by atoms with van der Waals surface area (Å²) in [5.74, 6) is -0.309. The second kappa shape index (κ2) is 5.99. The van der Waals surface area contributed by atoms with E-state index in [1.54, 1.807) is 12.1 Å². The van der Waals surface area contributed by atoms with Crippen LogP contribution >= 0.6 is 0 Å². The molecule has 2 amide bonds. The van der Waals surface area contributed by atoms with Crippen molar-refractivity contribution in [1.29, 1.82) is 0 Å². The summed E-state index contributed by atoms with van der Waals surface area (Å²) >= 11 is 0. The van der Waals surface area contributed by atoms with Gasteiger partial charge in [0.15, 0.2) is 0 Å². The molecule has 0 aliphatic carbocycles. The van der Waals surface area contributed by atoms with Gasteiger partial charge in [-0.25, -0.2) is 9.18 Å². The number of nitrogens with one attached hydrogen (secondary N) is 2. The molecular weight excluding hydrogens is 251 g/mol. The molecule has 1 aliphatic rings. The molecule has 104 valence electrons. The fourth-order valence-electron chi connectivity index (χ4n) is 1.83. The first-order valence-electron chi connectivity index (χ1n) is 6.14. The number of aliphatic hydroxyl groups is 1. The molecule has 6 heteroatoms. The number of halogens is 1. The first-order chi connectivity index (χ1) is 9.07. The topological polar surface area (TPSA) is 70.6 Å². The van der Waals surface area contributed by atoms with Crippen molar-refractivity contribution in [1.82, 2.24) is 10.6 Å². The highest BCUT2D eigenvalue weighted by Gasteiger charge is 2.32. The highest BCUT2D eigenvalue weighted by atomic mass is 19.1. The molecule has 0 radical (unpaired) electrons. The van der Waals surface area contributed by atoms with Gasteiger partial charge in [0.1, 0.15) is 11.4 Å². The van der Waals surface area contributed by atoms with E-state index in [1.165, 1.54) is 12.1 Å². The summed E-state index contributed by atoms with van der Waals surface area (Å²) in [4.78, 5) is 11.5. The van der Waals surface area contributed by atoms with E-state index in [1.807, 2.05) is 0 Å². The largest absolute Gasteiger partial charge is 0.386 e. The molecule has 19 heavy (non-hydrogen) atoms. The molecule has 1 fully saturated rings. The number of hydrogen-bond donors (Lipinski definition) is 3. The molecule has 1 aromatic carbocycles. The van der Waals surface area contributed by atoms with Gasteiger partial charge in [-0.05, 0) is 17.7 Å². The van der Waals surface area contributed by atoms with Crippen molar-refractivity contribution in [2.45, 2.75) is 18.6 Å². The Kier molecular flexibility index (Phi) is 4.34. The van der Waals surface area contributed by atoms with Crippen molar-refractivity contribution in [3.05, 3.63) is 35.6 Å². The summed E-state index contributed by atoms with van der Waals surface area (Å²) < 4.78 is 17.8. The molecule has 1 heterocycles. The molecule has 3 N–H and O–H groups in total. The van der Waals surface area contributed by atoms with Crippen LogP contribution < -0.4 is 10.6 Å². The molecular formula is C13H17FN2O3. The number of rotatable bonds is 4. The predicted molar refractivity (Wildman–Crippen MR) is 67.0 cm³/mol. The number of ether oxygens (including phenoxy) is 1. The minimum absolute atomic E-state index is 0.155. The molecule has 1 aromatic rings. The lowest BCUT2D eigenvalue weighted by Crippen LogP contribution is -2.46. The van der Waals surface area contributed by atoms with Gasteiger partial charge >= 0.3 is 6.03 Å². The van der Waals surface area contributed by atoms with E-state index in [2.05, 4.69) is 10.6 Å². The smallest absolute Gasteiger partial charge is 0.315 e. The summed E-state index contributed by atoms with van der Waals surface area (Å²) in [5.41, 5.74) is -0.160. The number of amides is 2. The fraction of sp³-hybridized carbons (Fsp3) is 0.462. The van der Waals surface area contributed by atoms with Crippen molar-refractivity contribution in [3.8, 4) is 0 Å². The van der Waals surface area contributed by atoms with Crippen LogP contribution in [-0.2, 0) is 11.3 Å². The van der Waals surface area contributed by atoms with Gasteiger partial charge in [-0.1, -0.05) is 12.1 Å². The van der Waals surface area contributed by atoms with E-state index in [0.29, 0.717) is 19.6 Å². The van der Waals surface area contributed by atoms with Crippen LogP contribution in [0.4, 0.5) is 9.18 Å². The summed E-state index contributed by atoms with van der Waals surface area (Å²) in [6.45, 7) is 1.21. The van der Waals surface area contributed by atoms with Crippen molar-refractivity contribution >= 4 is 6.03 Å². The Morgan fingerprint density at radius 3 is 2.74 bits per heavy atom. The van der Waals surface area contributed by atoms with Gasteiger partial charge in [-0.15, -0.1) is 0 Å². The number of urea groups is 1. The van der Waals surface area contributed by atoms with Gasteiger partial charge < -0.3 is 20.5 Å². The standard InChI is InChI=1S/C13H17FN2O3/c14-11-3-1-10(2-4-11)7-15-12(17)16-8-13(18)5-6-19-9-13/h1-4,18H,5-9H2,(H2,15,16,17). The Morgan fingerprint density at radius 1 is 1.37 bits per heavy atom. The van der Waals surface area contributed by atoms with Crippen molar-refractivity contribution in [2.75, 3.05) is 19.8 Å². The third-order valence-corrected chi connectivity index (χ3v) is 3.03. The van der Waals surface area contributed by atoms with Gasteiger partial charge in [0.25, 0.3) is 0 Å². The average Bonchev–Trinajstić information content (AvgIpc) is 2.83. The van der Waals surface area contributed by atoms with Crippen LogP contribution in [0.25, 0.3) is 0 Å². The molecule has 0 aromatic heterocycles. The Morgan fingerprint density at radius 2 is 2.11 bits per heavy atom. The van der Waals surface area contributed by atoms with E-state index in [4.69, 9.17) is 4.74 Å². The summed E-state index contributed by atoms with van der Waals surface area (Å²) in [7, 11) is 0. The van der Waals surface area contributed by atoms with Gasteiger partial charge in [0.2, 0.25) is 0 Å². The number of hydrogen-bond acceptors (Lipinski definition) is 3. The second-order valence-electron chi connectivity index (χ2n) is 4.69. The lowest BCUT2D eigenvalue weighted by atomic mass is 10.0. The zero-order valence-corrected chi connectivity index (χ0v) is 10.5. The highest BCUT2D eigenvalue weighted by Crippen LogP contribution is 2.16. The minimum Gasteiger partial charge on any atom is -0.386 e. The third kappa shape index (κ3) is 4.18. The fourth-order valence-corrected chi connectivity index (χ4v) is 1.83. The first-order valence-corrected chi connectivity index (χ1v) is 6.14. The average molecular weight is 268 g/mol. The van der Waals surface area contributed by atoms with E-state index < -0.39 is 5.60 Å². The maximum atomic E-state index is 12.7. The Labute approximate surface area is 110 Å². The third-order valence-electron chi connectivity index (χ3n) is 3.03. The van der Waals surface area contributed by atoms with Crippen LogP contribution in [-0.4, -0.2) is 36.5 Å². The second-order valence-corrected chi connectivity index (χ2v) is 4.69. The number of carbonyl (C=O) groups excluding carboxylic acids is 1. The van der Waals surface area contributed by atoms with Crippen LogP contribution in [0.1, 0.15) is 12.0 Å². The van der Waals surface area contributed by atoms with Crippen molar-refractivity contribution < 1.29 is 19.0 Å². The Hall–Kier alpha value is -1.66. The first kappa shape index (κ1) is 13.8. The molecule has 1 saturated heterocycles. The minimum atomic E-state index is -0.965. The monoisotopic (exact) mass is 268 g/mol. The van der Waals surface area contributed by atoms with E-state index >= 15 is 0 Å². The molecule has 0 spiro atoms. The van der Waals surface area contributed by atoms with Crippen molar-refractivity contribution in [2.24, 2.45) is 0 Å². The molecule has 2 rings (SSSR count). The van der Waals surface area contributed by atoms with Crippen LogP contribution in [0, 0.1) is 5.82 Å². The molecule has 1 aliphatic heterocycles. The van der Waals surface area contributed by atoms with Gasteiger partial charge in [0.05, 0.1) is 13.2 Å². The quantitative estimate of drug-likeness (QED) is 0.755. The van der Waals surface area contributed by atoms with Crippen LogP contribution in [0.5, 0.6) is 0 Å². The SMILES string of the molecule is O=C(NCc1ccc(F)cc1)NCC1(O)CCOC1. The van der Waals surface area contributed by atoms with Gasteiger partial charge in [-0.2, -0.15) is 0 Å². The van der Waals surface area contributed by atoms with E-state index in [0.717, 1.165) is 5.56 Å². The molecule has 1 atom stereocenters. The predicted octanol–water partition coefficient (Wildman–Crippen LogP) is 0.776. The van der Waals surface area contributed by atoms with Gasteiger partial charge in [0, 0.05) is 19.6 Å². The molecule has 0 bridgehead atoms. The van der Waals surface area contributed by atoms with E-state index in [9.17, 15) is 14.3 Å². The summed E-state index contributed by atoms with van der Waals surface area (Å²) in [6, 6.07) is 5.52. The molecule has 1 unspecified atom stereocenters. The molecule has 5 nitrogen and oxygen atoms in total. The Bertz CT molecular complexity index is 430. The summed E-state index contributed by atoms with van der Waals surface area (Å²) in [6.07, 6.45) is 0.519. The lowest BCUT2D eigenvalue weighted by Gasteiger charge is -2.20. The lowest BCUT2D eigenvalue weighted by molar-refractivity contribution is 0.0292. The maximum absolute atomic E-state index is 12.7. The Balaban J connectivity index is 1.71. The van der Waals surface area contributed by atoms with Crippen molar-refractivity contribution in [3.63, 3.8) is 0 Å². The van der Waals surface area contributed by atoms with Gasteiger partial charge in [-0.3, -0.25) is 0 Å². The van der Waals surface area contributed by atoms with Crippen LogP contribution in [0.15, 0.2) is 24.3 Å². The summed E-state index contributed by atoms with van der Waals surface area (Å²) in [5, 5.41) is 15.2. The number of carbonyl (C=O) groups is 1. The van der Waals surface area contributed by atoms with Crippen LogP contribution in [0.2, 0.25) is 0 Å². The molecule has 0 saturated carbocycles. The van der Waals surface area contributed by atoms with Crippen LogP contribution in [0.3, 0.4) is 0 Å². The normalized spacial score (nSPS) is 22.2.